The molecule has 1 aromatic carbocycles. The Morgan fingerprint density at radius 2 is 2.10 bits per heavy atom. The number of nitrogens with zero attached hydrogens (tertiary/aromatic N) is 1. The molecule has 5 nitrogen and oxygen atoms in total. The summed E-state index contributed by atoms with van der Waals surface area (Å²) >= 11 is 9.11. The lowest BCUT2D eigenvalue weighted by atomic mass is 10.2. The van der Waals surface area contributed by atoms with Gasteiger partial charge in [0.05, 0.1) is 0 Å². The van der Waals surface area contributed by atoms with Crippen LogP contribution < -0.4 is 4.90 Å². The fourth-order valence-electron chi connectivity index (χ4n) is 1.70. The number of aromatic nitrogens is 1. The summed E-state index contributed by atoms with van der Waals surface area (Å²) in [4.78, 5) is 27.3. The minimum Gasteiger partial charge on any atom is -0.480 e. The molecule has 0 bridgehead atoms. The summed E-state index contributed by atoms with van der Waals surface area (Å²) in [7, 11) is 0. The van der Waals surface area contributed by atoms with Gasteiger partial charge in [0, 0.05) is 21.4 Å². The van der Waals surface area contributed by atoms with E-state index in [1.165, 1.54) is 0 Å². The number of nitrogens with one attached hydrogen (secondary N) is 1. The standard InChI is InChI=1S/C13H10BrClN2O3/c14-8-4-11(16-6-8)13(20)17(7-12(18)19)10-3-1-2-9(15)5-10/h1-6,16H,7H2,(H,18,19). The van der Waals surface area contributed by atoms with Gasteiger partial charge >= 0.3 is 5.97 Å². The summed E-state index contributed by atoms with van der Waals surface area (Å²) in [6.45, 7) is -0.449. The molecule has 1 amide bonds. The van der Waals surface area contributed by atoms with E-state index in [9.17, 15) is 9.59 Å². The van der Waals surface area contributed by atoms with Gasteiger partial charge in [-0.3, -0.25) is 14.5 Å². The normalized spacial score (nSPS) is 10.3. The second-order valence-electron chi connectivity index (χ2n) is 4.00. The lowest BCUT2D eigenvalue weighted by molar-refractivity contribution is -0.135. The Morgan fingerprint density at radius 1 is 1.35 bits per heavy atom. The Kier molecular flexibility index (Phi) is 4.46. The van der Waals surface area contributed by atoms with Crippen molar-refractivity contribution in [2.75, 3.05) is 11.4 Å². The van der Waals surface area contributed by atoms with Crippen molar-refractivity contribution < 1.29 is 14.7 Å². The van der Waals surface area contributed by atoms with Crippen LogP contribution in [-0.4, -0.2) is 28.5 Å². The second-order valence-corrected chi connectivity index (χ2v) is 5.35. The predicted octanol–water partition coefficient (Wildman–Crippen LogP) is 3.16. The number of hydrogen-bond acceptors (Lipinski definition) is 2. The van der Waals surface area contributed by atoms with E-state index in [0.717, 1.165) is 4.90 Å². The Bertz CT molecular complexity index is 657. The largest absolute Gasteiger partial charge is 0.480 e. The van der Waals surface area contributed by atoms with E-state index in [0.29, 0.717) is 15.2 Å². The van der Waals surface area contributed by atoms with Gasteiger partial charge in [0.25, 0.3) is 5.91 Å². The van der Waals surface area contributed by atoms with Crippen LogP contribution in [0.25, 0.3) is 0 Å². The van der Waals surface area contributed by atoms with Crippen molar-refractivity contribution >= 4 is 45.1 Å². The first-order valence-electron chi connectivity index (χ1n) is 5.60. The van der Waals surface area contributed by atoms with Crippen LogP contribution in [0.5, 0.6) is 0 Å². The second kappa shape index (κ2) is 6.11. The van der Waals surface area contributed by atoms with Crippen molar-refractivity contribution in [2.24, 2.45) is 0 Å². The number of rotatable bonds is 4. The van der Waals surface area contributed by atoms with Gasteiger partial charge in [0.2, 0.25) is 0 Å². The molecule has 0 atom stereocenters. The van der Waals surface area contributed by atoms with E-state index in [1.54, 1.807) is 36.5 Å². The molecule has 2 aromatic rings. The number of H-pyrrole nitrogens is 1. The predicted molar refractivity (Wildman–Crippen MR) is 79.3 cm³/mol. The molecule has 0 unspecified atom stereocenters. The third kappa shape index (κ3) is 3.40. The van der Waals surface area contributed by atoms with Gasteiger partial charge in [-0.2, -0.15) is 0 Å². The maximum atomic E-state index is 12.4. The van der Waals surface area contributed by atoms with Gasteiger partial charge < -0.3 is 10.1 Å². The maximum absolute atomic E-state index is 12.4. The van der Waals surface area contributed by atoms with Crippen LogP contribution in [-0.2, 0) is 4.79 Å². The van der Waals surface area contributed by atoms with Gasteiger partial charge in [0.1, 0.15) is 12.2 Å². The van der Waals surface area contributed by atoms with E-state index in [-0.39, 0.29) is 5.69 Å². The summed E-state index contributed by atoms with van der Waals surface area (Å²) in [5.74, 6) is -1.55. The zero-order valence-corrected chi connectivity index (χ0v) is 12.5. The van der Waals surface area contributed by atoms with Crippen molar-refractivity contribution in [1.29, 1.82) is 0 Å². The van der Waals surface area contributed by atoms with Gasteiger partial charge in [0.15, 0.2) is 0 Å². The topological polar surface area (TPSA) is 73.4 Å². The summed E-state index contributed by atoms with van der Waals surface area (Å²) in [5.41, 5.74) is 0.716. The van der Waals surface area contributed by atoms with Crippen molar-refractivity contribution in [3.8, 4) is 0 Å². The Labute approximate surface area is 128 Å². The molecule has 0 radical (unpaired) electrons. The SMILES string of the molecule is O=C(O)CN(C(=O)c1cc(Br)c[nH]1)c1cccc(Cl)c1. The quantitative estimate of drug-likeness (QED) is 0.883. The molecule has 2 N–H and O–H groups in total. The number of aliphatic carboxylic acids is 1. The smallest absolute Gasteiger partial charge is 0.323 e. The average molecular weight is 358 g/mol. The van der Waals surface area contributed by atoms with E-state index in [4.69, 9.17) is 16.7 Å². The number of halogens is 2. The molecule has 7 heteroatoms. The molecule has 20 heavy (non-hydrogen) atoms. The van der Waals surface area contributed by atoms with Crippen LogP contribution in [0.3, 0.4) is 0 Å². The summed E-state index contributed by atoms with van der Waals surface area (Å²) in [6, 6.07) is 8.07. The molecule has 1 aromatic heterocycles. The molecule has 0 fully saturated rings. The van der Waals surface area contributed by atoms with Crippen molar-refractivity contribution in [3.63, 3.8) is 0 Å². The molecule has 1 heterocycles. The van der Waals surface area contributed by atoms with Crippen molar-refractivity contribution in [1.82, 2.24) is 4.98 Å². The highest BCUT2D eigenvalue weighted by Gasteiger charge is 2.21. The molecular weight excluding hydrogens is 348 g/mol. The molecule has 2 rings (SSSR count). The van der Waals surface area contributed by atoms with Crippen molar-refractivity contribution in [2.45, 2.75) is 0 Å². The third-order valence-corrected chi connectivity index (χ3v) is 3.23. The number of carbonyl (C=O) groups excluding carboxylic acids is 1. The number of hydrogen-bond donors (Lipinski definition) is 2. The fourth-order valence-corrected chi connectivity index (χ4v) is 2.22. The van der Waals surface area contributed by atoms with Crippen LogP contribution in [0.4, 0.5) is 5.69 Å². The van der Waals surface area contributed by atoms with Crippen LogP contribution in [0.15, 0.2) is 41.0 Å². The highest BCUT2D eigenvalue weighted by molar-refractivity contribution is 9.10. The van der Waals surface area contributed by atoms with E-state index in [2.05, 4.69) is 20.9 Å². The summed E-state index contributed by atoms with van der Waals surface area (Å²) in [5, 5.41) is 9.40. The Morgan fingerprint density at radius 3 is 2.65 bits per heavy atom. The number of carboxylic acids is 1. The third-order valence-electron chi connectivity index (χ3n) is 2.54. The van der Waals surface area contributed by atoms with Gasteiger partial charge in [-0.15, -0.1) is 0 Å². The molecule has 0 aliphatic heterocycles. The van der Waals surface area contributed by atoms with Gasteiger partial charge in [-0.1, -0.05) is 17.7 Å². The lowest BCUT2D eigenvalue weighted by Crippen LogP contribution is -2.35. The average Bonchev–Trinajstić information content (AvgIpc) is 2.81. The number of carboxylic acid groups (broad SMARTS) is 1. The van der Waals surface area contributed by atoms with E-state index < -0.39 is 18.4 Å². The number of anilines is 1. The van der Waals surface area contributed by atoms with Gasteiger partial charge in [-0.05, 0) is 40.2 Å². The molecule has 0 aliphatic rings. The maximum Gasteiger partial charge on any atom is 0.323 e. The zero-order valence-electron chi connectivity index (χ0n) is 10.1. The van der Waals surface area contributed by atoms with Crippen LogP contribution in [0.2, 0.25) is 5.02 Å². The number of benzene rings is 1. The molecule has 0 aliphatic carbocycles. The van der Waals surface area contributed by atoms with Gasteiger partial charge in [-0.25, -0.2) is 0 Å². The zero-order chi connectivity index (χ0) is 14.7. The monoisotopic (exact) mass is 356 g/mol. The number of amides is 1. The fraction of sp³-hybridized carbons (Fsp3) is 0.0769. The molecular formula is C13H10BrClN2O3. The van der Waals surface area contributed by atoms with Crippen LogP contribution in [0, 0.1) is 0 Å². The first-order valence-corrected chi connectivity index (χ1v) is 6.77. The van der Waals surface area contributed by atoms with Crippen LogP contribution in [0.1, 0.15) is 10.5 Å². The van der Waals surface area contributed by atoms with E-state index >= 15 is 0 Å². The Hall–Kier alpha value is -1.79. The summed E-state index contributed by atoms with van der Waals surface area (Å²) < 4.78 is 0.710. The number of aromatic amines is 1. The van der Waals surface area contributed by atoms with Crippen LogP contribution >= 0.6 is 27.5 Å². The highest BCUT2D eigenvalue weighted by atomic mass is 79.9. The minimum absolute atomic E-state index is 0.290. The first kappa shape index (κ1) is 14.6. The Balaban J connectivity index is 2.37. The lowest BCUT2D eigenvalue weighted by Gasteiger charge is -2.20. The molecule has 104 valence electrons. The highest BCUT2D eigenvalue weighted by Crippen LogP contribution is 2.22. The molecule has 0 spiro atoms. The van der Waals surface area contributed by atoms with E-state index in [1.807, 2.05) is 0 Å². The molecule has 0 saturated carbocycles. The molecule has 0 saturated heterocycles. The summed E-state index contributed by atoms with van der Waals surface area (Å²) in [6.07, 6.45) is 1.60. The van der Waals surface area contributed by atoms with Crippen molar-refractivity contribution in [3.05, 3.63) is 51.7 Å². The minimum atomic E-state index is -1.11. The first-order chi connectivity index (χ1) is 9.47. The number of carbonyl (C=O) groups is 2.